The summed E-state index contributed by atoms with van der Waals surface area (Å²) >= 11 is 0. The van der Waals surface area contributed by atoms with E-state index in [-0.39, 0.29) is 24.9 Å². The molecule has 0 spiro atoms. The first-order valence-corrected chi connectivity index (χ1v) is 12.5. The van der Waals surface area contributed by atoms with Gasteiger partial charge in [-0.1, -0.05) is 48.5 Å². The van der Waals surface area contributed by atoms with Gasteiger partial charge in [0, 0.05) is 12.5 Å². The van der Waals surface area contributed by atoms with Gasteiger partial charge in [0.2, 0.25) is 5.91 Å². The fourth-order valence-corrected chi connectivity index (χ4v) is 5.93. The molecule has 1 unspecified atom stereocenters. The van der Waals surface area contributed by atoms with Gasteiger partial charge in [0.25, 0.3) is 0 Å². The summed E-state index contributed by atoms with van der Waals surface area (Å²) in [4.78, 5) is 39.5. The first kappa shape index (κ1) is 23.4. The highest BCUT2D eigenvalue weighted by Gasteiger charge is 2.48. The average Bonchev–Trinajstić information content (AvgIpc) is 3.15. The maximum atomic E-state index is 13.2. The second kappa shape index (κ2) is 9.02. The third-order valence-electron chi connectivity index (χ3n) is 8.16. The number of carbonyl (C=O) groups is 3. The molecule has 3 aliphatic rings. The van der Waals surface area contributed by atoms with Gasteiger partial charge in [-0.2, -0.15) is 0 Å². The summed E-state index contributed by atoms with van der Waals surface area (Å²) in [5.41, 5.74) is 2.77. The maximum Gasteiger partial charge on any atom is 0.407 e. The van der Waals surface area contributed by atoms with Crippen LogP contribution in [-0.2, 0) is 14.3 Å². The number of carboxylic acids is 1. The molecule has 1 atom stereocenters. The minimum absolute atomic E-state index is 0.0308. The van der Waals surface area contributed by atoms with Gasteiger partial charge in [-0.3, -0.25) is 4.79 Å². The van der Waals surface area contributed by atoms with Crippen molar-refractivity contribution in [3.05, 3.63) is 59.7 Å². The molecule has 184 valence electrons. The Morgan fingerprint density at radius 1 is 0.971 bits per heavy atom. The molecule has 1 saturated heterocycles. The van der Waals surface area contributed by atoms with Crippen LogP contribution in [0.2, 0.25) is 0 Å². The predicted octanol–water partition coefficient (Wildman–Crippen LogP) is 4.69. The molecule has 35 heavy (non-hydrogen) atoms. The average molecular weight is 477 g/mol. The van der Waals surface area contributed by atoms with Crippen molar-refractivity contribution in [3.8, 4) is 11.1 Å². The molecule has 2 amide bonds. The number of rotatable bonds is 6. The van der Waals surface area contributed by atoms with E-state index < -0.39 is 23.1 Å². The van der Waals surface area contributed by atoms with E-state index in [1.165, 1.54) is 16.0 Å². The number of piperidine rings is 1. The molecule has 0 radical (unpaired) electrons. The van der Waals surface area contributed by atoms with E-state index in [1.54, 1.807) is 6.92 Å². The number of amides is 2. The zero-order valence-corrected chi connectivity index (χ0v) is 20.1. The van der Waals surface area contributed by atoms with Gasteiger partial charge in [-0.25, -0.2) is 9.59 Å². The molecule has 2 N–H and O–H groups in total. The molecule has 7 heteroatoms. The molecule has 1 saturated carbocycles. The highest BCUT2D eigenvalue weighted by Crippen LogP contribution is 2.44. The lowest BCUT2D eigenvalue weighted by Crippen LogP contribution is -2.61. The maximum absolute atomic E-state index is 13.2. The highest BCUT2D eigenvalue weighted by molar-refractivity contribution is 5.88. The first-order valence-electron chi connectivity index (χ1n) is 12.5. The zero-order chi connectivity index (χ0) is 24.6. The van der Waals surface area contributed by atoms with Crippen molar-refractivity contribution in [3.63, 3.8) is 0 Å². The van der Waals surface area contributed by atoms with Crippen molar-refractivity contribution >= 4 is 18.0 Å². The predicted molar refractivity (Wildman–Crippen MR) is 131 cm³/mol. The van der Waals surface area contributed by atoms with E-state index in [0.717, 1.165) is 30.4 Å². The Bertz CT molecular complexity index is 1110. The molecule has 2 aromatic carbocycles. The van der Waals surface area contributed by atoms with Gasteiger partial charge in [0.05, 0.1) is 12.0 Å². The van der Waals surface area contributed by atoms with Crippen LogP contribution < -0.4 is 5.32 Å². The minimum Gasteiger partial charge on any atom is -0.480 e. The number of fused-ring (bicyclic) bond motifs is 3. The zero-order valence-electron chi connectivity index (χ0n) is 20.1. The number of aliphatic carboxylic acids is 1. The van der Waals surface area contributed by atoms with Crippen molar-refractivity contribution in [2.75, 3.05) is 13.2 Å². The second-order valence-corrected chi connectivity index (χ2v) is 10.3. The van der Waals surface area contributed by atoms with Crippen LogP contribution in [0, 0.1) is 0 Å². The molecule has 2 aromatic rings. The quantitative estimate of drug-likeness (QED) is 0.630. The van der Waals surface area contributed by atoms with E-state index in [1.807, 2.05) is 24.3 Å². The lowest BCUT2D eigenvalue weighted by atomic mass is 9.73. The molecule has 2 aliphatic carbocycles. The Hall–Kier alpha value is -3.35. The Labute approximate surface area is 205 Å². The number of alkyl carbamates (subject to hydrolysis) is 1. The van der Waals surface area contributed by atoms with Crippen molar-refractivity contribution in [2.45, 2.75) is 68.9 Å². The Morgan fingerprint density at radius 2 is 1.60 bits per heavy atom. The molecule has 1 aliphatic heterocycles. The summed E-state index contributed by atoms with van der Waals surface area (Å²) in [5.74, 6) is -1.22. The summed E-state index contributed by atoms with van der Waals surface area (Å²) in [6.45, 7) is 2.27. The molecule has 7 nitrogen and oxygen atoms in total. The molecule has 2 fully saturated rings. The fourth-order valence-electron chi connectivity index (χ4n) is 5.93. The van der Waals surface area contributed by atoms with Crippen LogP contribution in [0.3, 0.4) is 0 Å². The topological polar surface area (TPSA) is 95.9 Å². The summed E-state index contributed by atoms with van der Waals surface area (Å²) in [6.07, 6.45) is 3.87. The van der Waals surface area contributed by atoms with Crippen LogP contribution in [0.15, 0.2) is 48.5 Å². The van der Waals surface area contributed by atoms with Crippen LogP contribution >= 0.6 is 0 Å². The third kappa shape index (κ3) is 4.17. The SMILES string of the molecule is CC1(C(=O)O)CCCCN1C(=O)CC1(NC(=O)OCC2c3ccccc3-c3ccccc32)CCC1. The Balaban J connectivity index is 1.24. The number of likely N-dealkylation sites (tertiary alicyclic amines) is 1. The number of hydrogen-bond donors (Lipinski definition) is 2. The normalized spacial score (nSPS) is 22.5. The second-order valence-electron chi connectivity index (χ2n) is 10.3. The van der Waals surface area contributed by atoms with Crippen molar-refractivity contribution in [2.24, 2.45) is 0 Å². The van der Waals surface area contributed by atoms with E-state index >= 15 is 0 Å². The molecule has 5 rings (SSSR count). The van der Waals surface area contributed by atoms with Crippen LogP contribution in [0.5, 0.6) is 0 Å². The van der Waals surface area contributed by atoms with E-state index in [4.69, 9.17) is 4.74 Å². The summed E-state index contributed by atoms with van der Waals surface area (Å²) in [7, 11) is 0. The van der Waals surface area contributed by atoms with Crippen molar-refractivity contribution in [1.29, 1.82) is 0 Å². The lowest BCUT2D eigenvalue weighted by molar-refractivity contribution is -0.162. The minimum atomic E-state index is -1.19. The van der Waals surface area contributed by atoms with Gasteiger partial charge >= 0.3 is 12.1 Å². The van der Waals surface area contributed by atoms with Gasteiger partial charge in [0.15, 0.2) is 0 Å². The highest BCUT2D eigenvalue weighted by atomic mass is 16.5. The monoisotopic (exact) mass is 476 g/mol. The van der Waals surface area contributed by atoms with E-state index in [0.29, 0.717) is 25.8 Å². The summed E-state index contributed by atoms with van der Waals surface area (Å²) in [6, 6.07) is 16.4. The number of carbonyl (C=O) groups excluding carboxylic acids is 2. The van der Waals surface area contributed by atoms with E-state index in [9.17, 15) is 19.5 Å². The number of carboxylic acid groups (broad SMARTS) is 1. The number of nitrogens with zero attached hydrogens (tertiary/aromatic N) is 1. The lowest BCUT2D eigenvalue weighted by Gasteiger charge is -2.46. The molecule has 1 heterocycles. The molecule has 0 aromatic heterocycles. The number of benzene rings is 2. The largest absolute Gasteiger partial charge is 0.480 e. The summed E-state index contributed by atoms with van der Waals surface area (Å²) < 4.78 is 5.71. The van der Waals surface area contributed by atoms with Gasteiger partial charge in [0.1, 0.15) is 12.1 Å². The van der Waals surface area contributed by atoms with Gasteiger partial charge in [-0.15, -0.1) is 0 Å². The smallest absolute Gasteiger partial charge is 0.407 e. The molecular formula is C28H32N2O5. The van der Waals surface area contributed by atoms with Crippen LogP contribution in [0.25, 0.3) is 11.1 Å². The van der Waals surface area contributed by atoms with Crippen molar-refractivity contribution in [1.82, 2.24) is 10.2 Å². The molecule has 0 bridgehead atoms. The first-order chi connectivity index (χ1) is 16.8. The third-order valence-corrected chi connectivity index (χ3v) is 8.16. The van der Waals surface area contributed by atoms with Crippen LogP contribution in [-0.4, -0.2) is 52.2 Å². The standard InChI is InChI=1S/C28H32N2O5/c1-27(25(32)33)13-6-7-16-30(27)24(31)17-28(14-8-15-28)29-26(34)35-18-23-21-11-4-2-9-19(21)20-10-3-5-12-22(20)23/h2-5,9-12,23H,6-8,13-18H2,1H3,(H,29,34)(H,32,33). The number of ether oxygens (including phenoxy) is 1. The summed E-state index contributed by atoms with van der Waals surface area (Å²) in [5, 5.41) is 12.7. The molecular weight excluding hydrogens is 444 g/mol. The van der Waals surface area contributed by atoms with Crippen molar-refractivity contribution < 1.29 is 24.2 Å². The number of hydrogen-bond acceptors (Lipinski definition) is 4. The van der Waals surface area contributed by atoms with E-state index in [2.05, 4.69) is 29.6 Å². The van der Waals surface area contributed by atoms with Crippen LogP contribution in [0.4, 0.5) is 4.79 Å². The number of nitrogens with one attached hydrogen (secondary N) is 1. The Morgan fingerprint density at radius 3 is 2.17 bits per heavy atom. The Kier molecular flexibility index (Phi) is 6.03. The van der Waals surface area contributed by atoms with Gasteiger partial charge in [-0.05, 0) is 67.7 Å². The fraction of sp³-hybridized carbons (Fsp3) is 0.464. The van der Waals surface area contributed by atoms with Crippen LogP contribution in [0.1, 0.15) is 68.9 Å². The van der Waals surface area contributed by atoms with Gasteiger partial charge < -0.3 is 20.1 Å².